The average molecular weight is 502 g/mol. The van der Waals surface area contributed by atoms with E-state index in [0.29, 0.717) is 40.9 Å². The summed E-state index contributed by atoms with van der Waals surface area (Å²) >= 11 is 0. The van der Waals surface area contributed by atoms with Crippen LogP contribution in [0.15, 0.2) is 71.7 Å². The zero-order valence-electron chi connectivity index (χ0n) is 20.8. The lowest BCUT2D eigenvalue weighted by Crippen LogP contribution is -2.39. The Bertz CT molecular complexity index is 1490. The molecule has 0 aliphatic carbocycles. The van der Waals surface area contributed by atoms with Gasteiger partial charge in [0.15, 0.2) is 5.69 Å². The summed E-state index contributed by atoms with van der Waals surface area (Å²) in [7, 11) is 4.66. The number of rotatable bonds is 9. The lowest BCUT2D eigenvalue weighted by Gasteiger charge is -2.18. The van der Waals surface area contributed by atoms with Crippen LogP contribution in [0.1, 0.15) is 16.2 Å². The normalized spacial score (nSPS) is 10.7. The molecule has 0 saturated carbocycles. The van der Waals surface area contributed by atoms with Crippen LogP contribution in [0.5, 0.6) is 11.5 Å². The number of fused-ring (bicyclic) bond motifs is 1. The second-order valence-electron chi connectivity index (χ2n) is 8.22. The molecule has 2 amide bonds. The molecule has 0 aliphatic rings. The van der Waals surface area contributed by atoms with E-state index in [2.05, 4.69) is 15.4 Å². The number of pyridine rings is 1. The number of hydrogen-bond donors (Lipinski definition) is 1. The van der Waals surface area contributed by atoms with Crippen LogP contribution in [0.3, 0.4) is 0 Å². The molecule has 0 saturated heterocycles. The summed E-state index contributed by atoms with van der Waals surface area (Å²) in [6.45, 7) is 0.230. The number of carbonyl (C=O) groups excluding carboxylic acids is 2. The molecule has 0 bridgehead atoms. The van der Waals surface area contributed by atoms with Crippen LogP contribution in [0.25, 0.3) is 16.5 Å². The molecule has 190 valence electrons. The molecule has 2 aromatic carbocycles. The summed E-state index contributed by atoms with van der Waals surface area (Å²) in [6, 6.07) is 17.2. The number of ether oxygens (including phenoxy) is 2. The molecular formula is C27H27N5O5. The Morgan fingerprint density at radius 3 is 2.46 bits per heavy atom. The summed E-state index contributed by atoms with van der Waals surface area (Å²) in [5.41, 5.74) is 0.814. The van der Waals surface area contributed by atoms with Crippen molar-refractivity contribution in [3.05, 3.63) is 88.6 Å². The SMILES string of the molecule is COc1ccc(-n2nc(C(=O)NCC(=O)N(C)CCc3ccccn3)c3ccccc3c2=O)c(OC)c1. The van der Waals surface area contributed by atoms with Crippen molar-refractivity contribution >= 4 is 22.6 Å². The van der Waals surface area contributed by atoms with E-state index in [9.17, 15) is 14.4 Å². The number of amides is 2. The molecule has 4 aromatic rings. The van der Waals surface area contributed by atoms with E-state index in [1.54, 1.807) is 55.7 Å². The van der Waals surface area contributed by atoms with Crippen molar-refractivity contribution in [2.24, 2.45) is 0 Å². The summed E-state index contributed by atoms with van der Waals surface area (Å²) in [4.78, 5) is 44.9. The number of nitrogens with one attached hydrogen (secondary N) is 1. The van der Waals surface area contributed by atoms with Gasteiger partial charge in [-0.05, 0) is 30.3 Å². The second-order valence-corrected chi connectivity index (χ2v) is 8.22. The van der Waals surface area contributed by atoms with Gasteiger partial charge < -0.3 is 19.7 Å². The van der Waals surface area contributed by atoms with E-state index in [-0.39, 0.29) is 18.1 Å². The Hall–Kier alpha value is -4.73. The van der Waals surface area contributed by atoms with Gasteiger partial charge in [0.2, 0.25) is 5.91 Å². The lowest BCUT2D eigenvalue weighted by atomic mass is 10.1. The number of nitrogens with zero attached hydrogens (tertiary/aromatic N) is 4. The summed E-state index contributed by atoms with van der Waals surface area (Å²) in [6.07, 6.45) is 2.30. The van der Waals surface area contributed by atoms with Crippen LogP contribution in [0, 0.1) is 0 Å². The van der Waals surface area contributed by atoms with Gasteiger partial charge in [0.05, 0.1) is 26.2 Å². The summed E-state index contributed by atoms with van der Waals surface area (Å²) in [5.74, 6) is 0.0426. The number of methoxy groups -OCH3 is 2. The zero-order valence-corrected chi connectivity index (χ0v) is 20.8. The maximum absolute atomic E-state index is 13.3. The van der Waals surface area contributed by atoms with Gasteiger partial charge in [-0.3, -0.25) is 19.4 Å². The van der Waals surface area contributed by atoms with Crippen LogP contribution in [0.2, 0.25) is 0 Å². The summed E-state index contributed by atoms with van der Waals surface area (Å²) < 4.78 is 11.8. The highest BCUT2D eigenvalue weighted by atomic mass is 16.5. The summed E-state index contributed by atoms with van der Waals surface area (Å²) in [5, 5.41) is 7.70. The highest BCUT2D eigenvalue weighted by molar-refractivity contribution is 6.05. The Kier molecular flexibility index (Phi) is 7.77. The molecule has 10 nitrogen and oxygen atoms in total. The minimum Gasteiger partial charge on any atom is -0.497 e. The number of hydrogen-bond acceptors (Lipinski definition) is 7. The number of carbonyl (C=O) groups is 2. The van der Waals surface area contributed by atoms with Gasteiger partial charge in [-0.1, -0.05) is 24.3 Å². The third-order valence-electron chi connectivity index (χ3n) is 5.89. The van der Waals surface area contributed by atoms with Crippen molar-refractivity contribution in [3.63, 3.8) is 0 Å². The third kappa shape index (κ3) is 5.58. The molecule has 10 heteroatoms. The molecule has 0 aliphatic heterocycles. The van der Waals surface area contributed by atoms with Crippen molar-refractivity contribution in [1.29, 1.82) is 0 Å². The van der Waals surface area contributed by atoms with Crippen LogP contribution in [-0.2, 0) is 11.2 Å². The van der Waals surface area contributed by atoms with E-state index < -0.39 is 11.5 Å². The maximum Gasteiger partial charge on any atom is 0.279 e. The first-order chi connectivity index (χ1) is 17.9. The highest BCUT2D eigenvalue weighted by Gasteiger charge is 2.20. The standard InChI is InChI=1S/C27H27N5O5/c1-31(15-13-18-8-6-7-14-28-18)24(33)17-29-26(34)25-20-9-4-5-10-21(20)27(35)32(30-25)22-12-11-19(36-2)16-23(22)37-3/h4-12,14,16H,13,15,17H2,1-3H3,(H,29,34). The molecule has 2 heterocycles. The fraction of sp³-hybridized carbons (Fsp3) is 0.222. The quantitative estimate of drug-likeness (QED) is 0.374. The largest absolute Gasteiger partial charge is 0.497 e. The Morgan fingerprint density at radius 1 is 1.00 bits per heavy atom. The van der Waals surface area contributed by atoms with Gasteiger partial charge >= 0.3 is 0 Å². The molecule has 37 heavy (non-hydrogen) atoms. The molecule has 0 radical (unpaired) electrons. The predicted molar refractivity (Wildman–Crippen MR) is 138 cm³/mol. The first-order valence-electron chi connectivity index (χ1n) is 11.6. The zero-order chi connectivity index (χ0) is 26.4. The van der Waals surface area contributed by atoms with E-state index in [1.807, 2.05) is 18.2 Å². The molecule has 0 atom stereocenters. The molecule has 1 N–H and O–H groups in total. The van der Waals surface area contributed by atoms with E-state index in [0.717, 1.165) is 10.4 Å². The topological polar surface area (TPSA) is 116 Å². The van der Waals surface area contributed by atoms with Crippen molar-refractivity contribution in [2.45, 2.75) is 6.42 Å². The minimum atomic E-state index is -0.580. The second kappa shape index (κ2) is 11.3. The Morgan fingerprint density at radius 2 is 1.76 bits per heavy atom. The minimum absolute atomic E-state index is 0.0111. The molecule has 2 aromatic heterocycles. The molecule has 0 fully saturated rings. The first kappa shape index (κ1) is 25.4. The Balaban J connectivity index is 1.58. The smallest absolute Gasteiger partial charge is 0.279 e. The van der Waals surface area contributed by atoms with Crippen LogP contribution < -0.4 is 20.3 Å². The van der Waals surface area contributed by atoms with Crippen molar-refractivity contribution < 1.29 is 19.1 Å². The highest BCUT2D eigenvalue weighted by Crippen LogP contribution is 2.27. The third-order valence-corrected chi connectivity index (χ3v) is 5.89. The fourth-order valence-electron chi connectivity index (χ4n) is 3.81. The molecule has 0 unspecified atom stereocenters. The number of aromatic nitrogens is 3. The van der Waals surface area contributed by atoms with Gasteiger partial charge in [0.1, 0.15) is 17.2 Å². The van der Waals surface area contributed by atoms with Gasteiger partial charge in [-0.25, -0.2) is 0 Å². The maximum atomic E-state index is 13.3. The molecule has 0 spiro atoms. The van der Waals surface area contributed by atoms with Crippen LogP contribution in [0.4, 0.5) is 0 Å². The van der Waals surface area contributed by atoms with Crippen molar-refractivity contribution in [1.82, 2.24) is 25.0 Å². The van der Waals surface area contributed by atoms with E-state index in [4.69, 9.17) is 9.47 Å². The fourth-order valence-corrected chi connectivity index (χ4v) is 3.81. The van der Waals surface area contributed by atoms with E-state index in [1.165, 1.54) is 19.1 Å². The number of benzene rings is 2. The van der Waals surface area contributed by atoms with Crippen molar-refractivity contribution in [2.75, 3.05) is 34.4 Å². The van der Waals surface area contributed by atoms with Gasteiger partial charge in [0.25, 0.3) is 11.5 Å². The average Bonchev–Trinajstić information content (AvgIpc) is 2.95. The van der Waals surface area contributed by atoms with Crippen LogP contribution in [-0.4, -0.2) is 65.8 Å². The van der Waals surface area contributed by atoms with Gasteiger partial charge in [-0.15, -0.1) is 0 Å². The van der Waals surface area contributed by atoms with Gasteiger partial charge in [0, 0.05) is 43.4 Å². The predicted octanol–water partition coefficient (Wildman–Crippen LogP) is 2.23. The lowest BCUT2D eigenvalue weighted by molar-refractivity contribution is -0.128. The van der Waals surface area contributed by atoms with E-state index >= 15 is 0 Å². The number of likely N-dealkylation sites (N-methyl/N-ethyl adjacent to an activating group) is 1. The Labute approximate surface area is 213 Å². The van der Waals surface area contributed by atoms with Crippen LogP contribution >= 0.6 is 0 Å². The van der Waals surface area contributed by atoms with Gasteiger partial charge in [-0.2, -0.15) is 9.78 Å². The molecular weight excluding hydrogens is 474 g/mol. The van der Waals surface area contributed by atoms with Crippen molar-refractivity contribution in [3.8, 4) is 17.2 Å². The monoisotopic (exact) mass is 501 g/mol. The molecule has 4 rings (SSSR count). The first-order valence-corrected chi connectivity index (χ1v) is 11.6.